The Kier molecular flexibility index (Phi) is 4.98. The number of anilines is 1. The Balaban J connectivity index is 2.05. The van der Waals surface area contributed by atoms with Gasteiger partial charge in [-0.1, -0.05) is 31.2 Å². The van der Waals surface area contributed by atoms with Crippen molar-refractivity contribution in [3.8, 4) is 0 Å². The first-order chi connectivity index (χ1) is 9.98. The van der Waals surface area contributed by atoms with Gasteiger partial charge in [0.1, 0.15) is 0 Å². The fourth-order valence-corrected chi connectivity index (χ4v) is 3.10. The minimum Gasteiger partial charge on any atom is -0.313 e. The molecule has 0 atom stereocenters. The normalized spacial score (nSPS) is 11.5. The Morgan fingerprint density at radius 1 is 1.24 bits per heavy atom. The highest BCUT2D eigenvalue weighted by Gasteiger charge is 2.13. The summed E-state index contributed by atoms with van der Waals surface area (Å²) in [6.07, 6.45) is 1.69. The first-order valence-electron chi connectivity index (χ1n) is 6.77. The Bertz CT molecular complexity index is 695. The summed E-state index contributed by atoms with van der Waals surface area (Å²) < 4.78 is 28.3. The summed E-state index contributed by atoms with van der Waals surface area (Å²) in [5, 5.41) is 7.23. The van der Waals surface area contributed by atoms with Crippen LogP contribution in [0.2, 0.25) is 0 Å². The predicted molar refractivity (Wildman–Crippen MR) is 83.3 cm³/mol. The van der Waals surface area contributed by atoms with Gasteiger partial charge in [0.2, 0.25) is 10.0 Å². The van der Waals surface area contributed by atoms with E-state index in [1.807, 2.05) is 31.2 Å². The van der Waals surface area contributed by atoms with Crippen LogP contribution in [0.5, 0.6) is 0 Å². The van der Waals surface area contributed by atoms with Gasteiger partial charge in [0.15, 0.2) is 5.82 Å². The van der Waals surface area contributed by atoms with Crippen LogP contribution in [0, 0.1) is 0 Å². The zero-order valence-corrected chi connectivity index (χ0v) is 13.0. The molecule has 0 saturated heterocycles. The molecule has 7 heteroatoms. The summed E-state index contributed by atoms with van der Waals surface area (Å²) in [6, 6.07) is 9.19. The molecule has 0 radical (unpaired) electrons. The lowest BCUT2D eigenvalue weighted by Gasteiger charge is -2.08. The van der Waals surface area contributed by atoms with Gasteiger partial charge in [-0.3, -0.25) is 9.40 Å². The lowest BCUT2D eigenvalue weighted by molar-refractivity contribution is 0.600. The highest BCUT2D eigenvalue weighted by molar-refractivity contribution is 7.91. The molecule has 2 aromatic rings. The monoisotopic (exact) mass is 308 g/mol. The fraction of sp³-hybridized carbons (Fsp3) is 0.357. The number of nitrogens with zero attached hydrogens (tertiary/aromatic N) is 2. The highest BCUT2D eigenvalue weighted by atomic mass is 32.2. The van der Waals surface area contributed by atoms with Crippen molar-refractivity contribution in [1.82, 2.24) is 15.1 Å². The maximum absolute atomic E-state index is 12.1. The van der Waals surface area contributed by atoms with Crippen LogP contribution in [-0.2, 0) is 29.4 Å². The van der Waals surface area contributed by atoms with E-state index in [0.29, 0.717) is 5.82 Å². The van der Waals surface area contributed by atoms with Crippen molar-refractivity contribution in [2.45, 2.75) is 19.2 Å². The minimum absolute atomic E-state index is 0.0659. The van der Waals surface area contributed by atoms with Crippen LogP contribution in [0.15, 0.2) is 36.5 Å². The number of nitrogens with one attached hydrogen (secondary N) is 2. The summed E-state index contributed by atoms with van der Waals surface area (Å²) in [5.41, 5.74) is 1.83. The van der Waals surface area contributed by atoms with Crippen LogP contribution in [0.25, 0.3) is 0 Å². The second kappa shape index (κ2) is 6.73. The Morgan fingerprint density at radius 3 is 2.67 bits per heavy atom. The van der Waals surface area contributed by atoms with Crippen LogP contribution in [-0.4, -0.2) is 24.7 Å². The molecule has 0 unspecified atom stereocenters. The van der Waals surface area contributed by atoms with Crippen LogP contribution < -0.4 is 10.0 Å². The first-order valence-corrected chi connectivity index (χ1v) is 8.42. The SMILES string of the molecule is CCNCc1cccc(CS(=O)(=O)Nc2ccn(C)n2)c1. The third-order valence-corrected chi connectivity index (χ3v) is 4.13. The number of rotatable bonds is 7. The molecule has 0 aliphatic heterocycles. The van der Waals surface area contributed by atoms with Crippen LogP contribution in [0.3, 0.4) is 0 Å². The average Bonchev–Trinajstić information content (AvgIpc) is 2.80. The van der Waals surface area contributed by atoms with Gasteiger partial charge in [-0.25, -0.2) is 8.42 Å². The van der Waals surface area contributed by atoms with Crippen molar-refractivity contribution in [2.75, 3.05) is 11.3 Å². The molecule has 0 aliphatic rings. The number of hydrogen-bond acceptors (Lipinski definition) is 4. The molecule has 0 bridgehead atoms. The molecule has 2 N–H and O–H groups in total. The second-order valence-electron chi connectivity index (χ2n) is 4.84. The summed E-state index contributed by atoms with van der Waals surface area (Å²) in [4.78, 5) is 0. The summed E-state index contributed by atoms with van der Waals surface area (Å²) >= 11 is 0. The third-order valence-electron chi connectivity index (χ3n) is 2.90. The molecule has 114 valence electrons. The van der Waals surface area contributed by atoms with Crippen molar-refractivity contribution in [2.24, 2.45) is 7.05 Å². The van der Waals surface area contributed by atoms with Gasteiger partial charge in [-0.05, 0) is 17.7 Å². The Labute approximate surface area is 125 Å². The number of hydrogen-bond donors (Lipinski definition) is 2. The predicted octanol–water partition coefficient (Wildman–Crippen LogP) is 1.47. The Morgan fingerprint density at radius 2 is 2.00 bits per heavy atom. The maximum Gasteiger partial charge on any atom is 0.238 e. The lowest BCUT2D eigenvalue weighted by atomic mass is 10.1. The van der Waals surface area contributed by atoms with Crippen LogP contribution in [0.4, 0.5) is 5.82 Å². The smallest absolute Gasteiger partial charge is 0.238 e. The van der Waals surface area contributed by atoms with Crippen molar-refractivity contribution < 1.29 is 8.42 Å². The van der Waals surface area contributed by atoms with Gasteiger partial charge >= 0.3 is 0 Å². The molecule has 21 heavy (non-hydrogen) atoms. The quantitative estimate of drug-likeness (QED) is 0.812. The second-order valence-corrected chi connectivity index (χ2v) is 6.56. The summed E-state index contributed by atoms with van der Waals surface area (Å²) in [6.45, 7) is 3.65. The molecule has 6 nitrogen and oxygen atoms in total. The molecule has 0 amide bonds. The lowest BCUT2D eigenvalue weighted by Crippen LogP contribution is -2.16. The first kappa shape index (κ1) is 15.5. The van der Waals surface area contributed by atoms with Gasteiger partial charge in [0, 0.05) is 25.9 Å². The molecular formula is C14H20N4O2S. The number of aryl methyl sites for hydroxylation is 1. The van der Waals surface area contributed by atoms with E-state index in [9.17, 15) is 8.42 Å². The zero-order valence-electron chi connectivity index (χ0n) is 12.2. The molecule has 1 heterocycles. The van der Waals surface area contributed by atoms with E-state index in [0.717, 1.165) is 24.2 Å². The van der Waals surface area contributed by atoms with Crippen molar-refractivity contribution in [3.05, 3.63) is 47.7 Å². The molecule has 1 aromatic carbocycles. The van der Waals surface area contributed by atoms with Crippen molar-refractivity contribution in [3.63, 3.8) is 0 Å². The van der Waals surface area contributed by atoms with Gasteiger partial charge in [-0.2, -0.15) is 5.10 Å². The van der Waals surface area contributed by atoms with Crippen LogP contribution in [0.1, 0.15) is 18.1 Å². The van der Waals surface area contributed by atoms with Crippen LogP contribution >= 0.6 is 0 Å². The molecule has 2 rings (SSSR count). The van der Waals surface area contributed by atoms with Gasteiger partial charge in [0.05, 0.1) is 5.75 Å². The zero-order chi connectivity index (χ0) is 15.3. The number of benzene rings is 1. The highest BCUT2D eigenvalue weighted by Crippen LogP contribution is 2.12. The van der Waals surface area contributed by atoms with E-state index in [1.54, 1.807) is 24.0 Å². The standard InChI is InChI=1S/C14H20N4O2S/c1-3-15-10-12-5-4-6-13(9-12)11-21(19,20)17-14-7-8-18(2)16-14/h4-9,15H,3,10-11H2,1-2H3,(H,16,17). The van der Waals surface area contributed by atoms with Crippen molar-refractivity contribution in [1.29, 1.82) is 0 Å². The molecular weight excluding hydrogens is 288 g/mol. The topological polar surface area (TPSA) is 76.0 Å². The third kappa shape index (κ3) is 4.87. The van der Waals surface area contributed by atoms with Gasteiger partial charge in [-0.15, -0.1) is 0 Å². The van der Waals surface area contributed by atoms with Gasteiger partial charge < -0.3 is 5.32 Å². The Hall–Kier alpha value is -1.86. The van der Waals surface area contributed by atoms with E-state index in [4.69, 9.17) is 0 Å². The summed E-state index contributed by atoms with van der Waals surface area (Å²) in [7, 11) is -1.72. The van der Waals surface area contributed by atoms with Gasteiger partial charge in [0.25, 0.3) is 0 Å². The molecule has 1 aromatic heterocycles. The van der Waals surface area contributed by atoms with E-state index in [2.05, 4.69) is 15.1 Å². The molecule has 0 saturated carbocycles. The number of aromatic nitrogens is 2. The summed E-state index contributed by atoms with van der Waals surface area (Å²) in [5.74, 6) is 0.269. The van der Waals surface area contributed by atoms with E-state index in [-0.39, 0.29) is 5.75 Å². The maximum atomic E-state index is 12.1. The fourth-order valence-electron chi connectivity index (χ4n) is 1.98. The van der Waals surface area contributed by atoms with Crippen molar-refractivity contribution >= 4 is 15.8 Å². The number of sulfonamides is 1. The molecule has 0 fully saturated rings. The van der Waals surface area contributed by atoms with E-state index < -0.39 is 10.0 Å². The minimum atomic E-state index is -3.46. The van der Waals surface area contributed by atoms with E-state index in [1.165, 1.54) is 0 Å². The molecule has 0 spiro atoms. The average molecular weight is 308 g/mol. The van der Waals surface area contributed by atoms with E-state index >= 15 is 0 Å². The largest absolute Gasteiger partial charge is 0.313 e. The molecule has 0 aliphatic carbocycles.